The molecule has 5 nitrogen and oxygen atoms in total. The molecule has 1 aromatic carbocycles. The molecule has 0 atom stereocenters. The highest BCUT2D eigenvalue weighted by Gasteiger charge is 2.19. The summed E-state index contributed by atoms with van der Waals surface area (Å²) in [5.74, 6) is -0.931. The summed E-state index contributed by atoms with van der Waals surface area (Å²) in [5.41, 5.74) is 0.612. The smallest absolute Gasteiger partial charge is 0.360 e. The number of hydrogen-bond acceptors (Lipinski definition) is 5. The molecule has 0 aliphatic rings. The van der Waals surface area contributed by atoms with Crippen molar-refractivity contribution in [3.05, 3.63) is 53.6 Å². The zero-order valence-electron chi connectivity index (χ0n) is 11.6. The first-order valence-electron chi connectivity index (χ1n) is 6.14. The highest BCUT2D eigenvalue weighted by molar-refractivity contribution is 5.90. The Morgan fingerprint density at radius 1 is 1.19 bits per heavy atom. The van der Waals surface area contributed by atoms with Crippen molar-refractivity contribution in [2.75, 3.05) is 14.2 Å². The second kappa shape index (κ2) is 6.69. The molecule has 0 aliphatic carbocycles. The number of carbonyl (C=O) groups is 1. The van der Waals surface area contributed by atoms with Crippen molar-refractivity contribution in [2.24, 2.45) is 0 Å². The maximum Gasteiger partial charge on any atom is 0.360 e. The average molecular weight is 291 g/mol. The number of ether oxygens (including phenoxy) is 3. The van der Waals surface area contributed by atoms with E-state index < -0.39 is 11.8 Å². The predicted molar refractivity (Wildman–Crippen MR) is 72.9 cm³/mol. The van der Waals surface area contributed by atoms with Gasteiger partial charge in [-0.2, -0.15) is 0 Å². The molecular weight excluding hydrogens is 277 g/mol. The van der Waals surface area contributed by atoms with Crippen LogP contribution in [0.3, 0.4) is 0 Å². The predicted octanol–water partition coefficient (Wildman–Crippen LogP) is 2.59. The molecule has 21 heavy (non-hydrogen) atoms. The first-order chi connectivity index (χ1) is 10.2. The summed E-state index contributed by atoms with van der Waals surface area (Å²) >= 11 is 0. The van der Waals surface area contributed by atoms with Crippen molar-refractivity contribution >= 4 is 5.97 Å². The van der Waals surface area contributed by atoms with Crippen LogP contribution in [0.15, 0.2) is 36.5 Å². The fraction of sp³-hybridized carbons (Fsp3) is 0.200. The van der Waals surface area contributed by atoms with E-state index in [1.54, 1.807) is 31.4 Å². The molecule has 0 N–H and O–H groups in total. The van der Waals surface area contributed by atoms with Gasteiger partial charge in [0.1, 0.15) is 12.4 Å². The van der Waals surface area contributed by atoms with Crippen LogP contribution in [-0.4, -0.2) is 25.2 Å². The number of rotatable bonds is 5. The van der Waals surface area contributed by atoms with Gasteiger partial charge in [0.2, 0.25) is 0 Å². The van der Waals surface area contributed by atoms with Gasteiger partial charge in [-0.1, -0.05) is 12.1 Å². The molecule has 0 saturated heterocycles. The molecule has 6 heteroatoms. The Kier molecular flexibility index (Phi) is 4.71. The lowest BCUT2D eigenvalue weighted by molar-refractivity contribution is 0.0587. The molecule has 0 unspecified atom stereocenters. The molecule has 2 rings (SSSR count). The molecule has 0 aliphatic heterocycles. The number of aromatic nitrogens is 1. The van der Waals surface area contributed by atoms with Crippen molar-refractivity contribution in [1.29, 1.82) is 0 Å². The number of esters is 1. The van der Waals surface area contributed by atoms with E-state index in [0.717, 1.165) is 11.6 Å². The Labute approximate surface area is 121 Å². The lowest BCUT2D eigenvalue weighted by atomic mass is 10.2. The van der Waals surface area contributed by atoms with Crippen LogP contribution in [0.1, 0.15) is 16.1 Å². The first-order valence-corrected chi connectivity index (χ1v) is 6.14. The van der Waals surface area contributed by atoms with Gasteiger partial charge < -0.3 is 14.2 Å². The number of pyridine rings is 1. The van der Waals surface area contributed by atoms with Crippen molar-refractivity contribution in [3.63, 3.8) is 0 Å². The Balaban J connectivity index is 2.17. The number of benzene rings is 1. The van der Waals surface area contributed by atoms with Crippen LogP contribution >= 0.6 is 0 Å². The van der Waals surface area contributed by atoms with Crippen LogP contribution in [0.4, 0.5) is 4.39 Å². The van der Waals surface area contributed by atoms with E-state index in [4.69, 9.17) is 9.47 Å². The maximum atomic E-state index is 13.8. The van der Waals surface area contributed by atoms with Crippen LogP contribution in [0, 0.1) is 5.82 Å². The van der Waals surface area contributed by atoms with E-state index >= 15 is 0 Å². The molecule has 0 radical (unpaired) electrons. The summed E-state index contributed by atoms with van der Waals surface area (Å²) in [6.07, 6.45) is 1.18. The largest absolute Gasteiger partial charge is 0.497 e. The highest BCUT2D eigenvalue weighted by Crippen LogP contribution is 2.23. The molecular formula is C15H14FNO4. The van der Waals surface area contributed by atoms with Gasteiger partial charge in [0.05, 0.1) is 14.2 Å². The molecule has 110 valence electrons. The monoisotopic (exact) mass is 291 g/mol. The molecule has 2 aromatic rings. The quantitative estimate of drug-likeness (QED) is 0.792. The summed E-state index contributed by atoms with van der Waals surface area (Å²) in [6.45, 7) is 0.0939. The molecule has 0 spiro atoms. The van der Waals surface area contributed by atoms with Gasteiger partial charge in [0, 0.05) is 6.20 Å². The van der Waals surface area contributed by atoms with Crippen molar-refractivity contribution in [2.45, 2.75) is 6.61 Å². The summed E-state index contributed by atoms with van der Waals surface area (Å²) < 4.78 is 28.7. The molecule has 0 amide bonds. The third kappa shape index (κ3) is 3.47. The fourth-order valence-corrected chi connectivity index (χ4v) is 1.68. The average Bonchev–Trinajstić information content (AvgIpc) is 2.53. The lowest BCUT2D eigenvalue weighted by Crippen LogP contribution is -2.09. The number of carbonyl (C=O) groups excluding carboxylic acids is 1. The van der Waals surface area contributed by atoms with Crippen molar-refractivity contribution in [3.8, 4) is 11.5 Å². The molecule has 1 aromatic heterocycles. The van der Waals surface area contributed by atoms with Crippen LogP contribution in [0.2, 0.25) is 0 Å². The van der Waals surface area contributed by atoms with Crippen molar-refractivity contribution in [1.82, 2.24) is 4.98 Å². The minimum Gasteiger partial charge on any atom is -0.497 e. The second-order valence-corrected chi connectivity index (χ2v) is 4.10. The number of methoxy groups -OCH3 is 2. The fourth-order valence-electron chi connectivity index (χ4n) is 1.68. The molecule has 0 saturated carbocycles. The van der Waals surface area contributed by atoms with E-state index in [-0.39, 0.29) is 18.1 Å². The van der Waals surface area contributed by atoms with Gasteiger partial charge in [-0.3, -0.25) is 0 Å². The minimum atomic E-state index is -0.751. The SMILES string of the molecule is COC(=O)c1nccc(F)c1OCc1ccc(OC)cc1. The summed E-state index contributed by atoms with van der Waals surface area (Å²) in [7, 11) is 2.77. The third-order valence-electron chi connectivity index (χ3n) is 2.78. The summed E-state index contributed by atoms with van der Waals surface area (Å²) in [6, 6.07) is 8.21. The maximum absolute atomic E-state index is 13.8. The van der Waals surface area contributed by atoms with Gasteiger partial charge >= 0.3 is 5.97 Å². The van der Waals surface area contributed by atoms with Gasteiger partial charge in [-0.05, 0) is 23.8 Å². The zero-order chi connectivity index (χ0) is 15.2. The summed E-state index contributed by atoms with van der Waals surface area (Å²) in [5, 5.41) is 0. The summed E-state index contributed by atoms with van der Waals surface area (Å²) in [4.78, 5) is 15.3. The van der Waals surface area contributed by atoms with Crippen LogP contribution in [-0.2, 0) is 11.3 Å². The van der Waals surface area contributed by atoms with E-state index in [9.17, 15) is 9.18 Å². The van der Waals surface area contributed by atoms with Crippen LogP contribution in [0.5, 0.6) is 11.5 Å². The molecule has 1 heterocycles. The Bertz CT molecular complexity index is 628. The second-order valence-electron chi connectivity index (χ2n) is 4.10. The standard InChI is InChI=1S/C15H14FNO4/c1-19-11-5-3-10(4-6-11)9-21-14-12(16)7-8-17-13(14)15(18)20-2/h3-8H,9H2,1-2H3. The Hall–Kier alpha value is -2.63. The minimum absolute atomic E-state index is 0.0939. The van der Waals surface area contributed by atoms with E-state index in [1.165, 1.54) is 13.3 Å². The Morgan fingerprint density at radius 3 is 2.52 bits per heavy atom. The van der Waals surface area contributed by atoms with Crippen molar-refractivity contribution < 1.29 is 23.4 Å². The number of halogens is 1. The van der Waals surface area contributed by atoms with Gasteiger partial charge in [-0.25, -0.2) is 14.2 Å². The molecule has 0 fully saturated rings. The van der Waals surface area contributed by atoms with Crippen LogP contribution < -0.4 is 9.47 Å². The lowest BCUT2D eigenvalue weighted by Gasteiger charge is -2.10. The van der Waals surface area contributed by atoms with Gasteiger partial charge in [-0.15, -0.1) is 0 Å². The highest BCUT2D eigenvalue weighted by atomic mass is 19.1. The first kappa shape index (κ1) is 14.8. The van der Waals surface area contributed by atoms with E-state index in [0.29, 0.717) is 5.75 Å². The number of hydrogen-bond donors (Lipinski definition) is 0. The third-order valence-corrected chi connectivity index (χ3v) is 2.78. The van der Waals surface area contributed by atoms with Gasteiger partial charge in [0.15, 0.2) is 17.3 Å². The van der Waals surface area contributed by atoms with Gasteiger partial charge in [0.25, 0.3) is 0 Å². The number of nitrogens with zero attached hydrogens (tertiary/aromatic N) is 1. The zero-order valence-corrected chi connectivity index (χ0v) is 11.6. The molecule has 0 bridgehead atoms. The Morgan fingerprint density at radius 2 is 1.90 bits per heavy atom. The van der Waals surface area contributed by atoms with E-state index in [2.05, 4.69) is 9.72 Å². The van der Waals surface area contributed by atoms with E-state index in [1.807, 2.05) is 0 Å². The van der Waals surface area contributed by atoms with Crippen LogP contribution in [0.25, 0.3) is 0 Å². The normalized spacial score (nSPS) is 10.0. The topological polar surface area (TPSA) is 57.7 Å².